The lowest BCUT2D eigenvalue weighted by molar-refractivity contribution is 0.140. The Balaban J connectivity index is 2.52. The summed E-state index contributed by atoms with van der Waals surface area (Å²) in [4.78, 5) is 0. The fourth-order valence-corrected chi connectivity index (χ4v) is 6.24. The van der Waals surface area contributed by atoms with E-state index in [9.17, 15) is 9.67 Å². The minimum absolute atomic E-state index is 0.104. The molecule has 1 unspecified atom stereocenters. The van der Waals surface area contributed by atoms with Crippen LogP contribution in [0.5, 0.6) is 5.75 Å². The number of hydrogen-bond donors (Lipinski definition) is 2. The maximum Gasteiger partial charge on any atom is 0.344 e. The molecular formula is C30H48NO4P. The molecule has 202 valence electrons. The molecule has 2 rings (SSSR count). The Morgan fingerprint density at radius 1 is 0.861 bits per heavy atom. The Labute approximate surface area is 219 Å². The highest BCUT2D eigenvalue weighted by Crippen LogP contribution is 2.50. The van der Waals surface area contributed by atoms with Crippen LogP contribution >= 0.6 is 7.60 Å². The Kier molecular flexibility index (Phi) is 10.4. The molecule has 0 aliphatic rings. The van der Waals surface area contributed by atoms with E-state index in [-0.39, 0.29) is 35.4 Å². The number of phenols is 1. The molecule has 0 bridgehead atoms. The average molecular weight is 518 g/mol. The summed E-state index contributed by atoms with van der Waals surface area (Å²) in [7, 11) is -3.36. The molecule has 0 amide bonds. The van der Waals surface area contributed by atoms with E-state index >= 15 is 0 Å². The SMILES string of the molecule is CC(C)OP(=O)(CNC(CCc1ccccc1)c1cc(C(C)(C)C)c(O)c(C(C)(C)C)c1)OC(C)C. The maximum atomic E-state index is 13.6. The molecule has 5 nitrogen and oxygen atoms in total. The van der Waals surface area contributed by atoms with Gasteiger partial charge in [-0.2, -0.15) is 0 Å². The molecule has 0 aromatic heterocycles. The number of hydrogen-bond acceptors (Lipinski definition) is 5. The highest BCUT2D eigenvalue weighted by Gasteiger charge is 2.31. The van der Waals surface area contributed by atoms with Gasteiger partial charge in [0.2, 0.25) is 0 Å². The first-order valence-corrected chi connectivity index (χ1v) is 14.9. The summed E-state index contributed by atoms with van der Waals surface area (Å²) in [6, 6.07) is 14.5. The topological polar surface area (TPSA) is 67.8 Å². The van der Waals surface area contributed by atoms with Crippen molar-refractivity contribution >= 4 is 7.60 Å². The number of nitrogens with one attached hydrogen (secondary N) is 1. The molecule has 36 heavy (non-hydrogen) atoms. The van der Waals surface area contributed by atoms with E-state index in [0.717, 1.165) is 29.5 Å². The maximum absolute atomic E-state index is 13.6. The number of aryl methyl sites for hydroxylation is 1. The summed E-state index contributed by atoms with van der Waals surface area (Å²) < 4.78 is 25.2. The molecule has 2 aromatic rings. The molecule has 0 saturated heterocycles. The largest absolute Gasteiger partial charge is 0.507 e. The molecule has 1 atom stereocenters. The molecule has 0 fully saturated rings. The van der Waals surface area contributed by atoms with Crippen LogP contribution in [0.2, 0.25) is 0 Å². The fourth-order valence-electron chi connectivity index (χ4n) is 4.31. The standard InChI is InChI=1S/C30H48NO4P/c1-21(2)34-36(33,35-22(3)4)20-31-27(17-16-23-14-12-11-13-15-23)24-18-25(29(5,6)7)28(32)26(19-24)30(8,9)10/h11-15,18-19,21-22,27,31-32H,16-17,20H2,1-10H3. The van der Waals surface area contributed by atoms with Crippen molar-refractivity contribution in [3.63, 3.8) is 0 Å². The Morgan fingerprint density at radius 3 is 1.75 bits per heavy atom. The lowest BCUT2D eigenvalue weighted by Gasteiger charge is -2.31. The summed E-state index contributed by atoms with van der Waals surface area (Å²) in [6.45, 7) is 20.2. The van der Waals surface area contributed by atoms with E-state index < -0.39 is 7.60 Å². The van der Waals surface area contributed by atoms with Crippen molar-refractivity contribution in [3.8, 4) is 5.75 Å². The van der Waals surface area contributed by atoms with Crippen molar-refractivity contribution < 1.29 is 18.7 Å². The van der Waals surface area contributed by atoms with Crippen molar-refractivity contribution in [3.05, 3.63) is 64.7 Å². The third kappa shape index (κ3) is 9.03. The molecule has 0 aliphatic carbocycles. The number of phenolic OH excluding ortho intramolecular Hbond substituents is 1. The molecule has 2 aromatic carbocycles. The van der Waals surface area contributed by atoms with Gasteiger partial charge in [-0.25, -0.2) is 0 Å². The van der Waals surface area contributed by atoms with Crippen LogP contribution in [0.3, 0.4) is 0 Å². The van der Waals surface area contributed by atoms with Crippen LogP contribution in [-0.2, 0) is 30.9 Å². The van der Waals surface area contributed by atoms with E-state index in [4.69, 9.17) is 9.05 Å². The number of benzene rings is 2. The number of rotatable bonds is 11. The summed E-state index contributed by atoms with van der Waals surface area (Å²) in [5, 5.41) is 14.8. The van der Waals surface area contributed by atoms with E-state index in [2.05, 4.69) is 83.3 Å². The van der Waals surface area contributed by atoms with Crippen molar-refractivity contribution in [2.75, 3.05) is 6.29 Å². The Hall–Kier alpha value is -1.65. The quantitative estimate of drug-likeness (QED) is 0.294. The van der Waals surface area contributed by atoms with Crippen molar-refractivity contribution in [2.45, 2.75) is 111 Å². The first-order valence-electron chi connectivity index (χ1n) is 13.1. The van der Waals surface area contributed by atoms with Gasteiger partial charge in [0.15, 0.2) is 0 Å². The summed E-state index contributed by atoms with van der Waals surface area (Å²) in [5.74, 6) is 0.359. The summed E-state index contributed by atoms with van der Waals surface area (Å²) in [5.41, 5.74) is 3.67. The minimum atomic E-state index is -3.36. The fraction of sp³-hybridized carbons (Fsp3) is 0.600. The van der Waals surface area contributed by atoms with Crippen molar-refractivity contribution in [1.82, 2.24) is 5.32 Å². The van der Waals surface area contributed by atoms with Gasteiger partial charge in [0.25, 0.3) is 0 Å². The van der Waals surface area contributed by atoms with Gasteiger partial charge in [-0.1, -0.05) is 71.9 Å². The summed E-state index contributed by atoms with van der Waals surface area (Å²) in [6.07, 6.45) is 1.33. The molecule has 0 spiro atoms. The smallest absolute Gasteiger partial charge is 0.344 e. The van der Waals surface area contributed by atoms with Crippen LogP contribution < -0.4 is 5.32 Å². The third-order valence-corrected chi connectivity index (χ3v) is 8.04. The molecule has 0 saturated carbocycles. The van der Waals surface area contributed by atoms with Gasteiger partial charge in [0.05, 0.1) is 18.5 Å². The van der Waals surface area contributed by atoms with Crippen molar-refractivity contribution in [1.29, 1.82) is 0 Å². The monoisotopic (exact) mass is 517 g/mol. The zero-order valence-electron chi connectivity index (χ0n) is 24.0. The molecule has 0 heterocycles. The highest BCUT2D eigenvalue weighted by molar-refractivity contribution is 7.53. The van der Waals surface area contributed by atoms with Crippen LogP contribution in [0.25, 0.3) is 0 Å². The van der Waals surface area contributed by atoms with E-state index in [1.165, 1.54) is 5.56 Å². The van der Waals surface area contributed by atoms with E-state index in [0.29, 0.717) is 5.75 Å². The van der Waals surface area contributed by atoms with Gasteiger partial charge >= 0.3 is 7.60 Å². The first-order chi connectivity index (χ1) is 16.5. The molecular weight excluding hydrogens is 469 g/mol. The van der Waals surface area contributed by atoms with Gasteiger partial charge in [-0.05, 0) is 85.8 Å². The van der Waals surface area contributed by atoms with Crippen LogP contribution in [0.4, 0.5) is 0 Å². The van der Waals surface area contributed by atoms with Gasteiger partial charge in [-0.3, -0.25) is 9.88 Å². The predicted octanol–water partition coefficient (Wildman–Crippen LogP) is 8.25. The lowest BCUT2D eigenvalue weighted by Crippen LogP contribution is -2.27. The van der Waals surface area contributed by atoms with Crippen LogP contribution in [-0.4, -0.2) is 23.6 Å². The second-order valence-corrected chi connectivity index (χ2v) is 14.3. The zero-order chi connectivity index (χ0) is 27.3. The van der Waals surface area contributed by atoms with Gasteiger partial charge in [0, 0.05) is 6.04 Å². The van der Waals surface area contributed by atoms with Crippen molar-refractivity contribution in [2.24, 2.45) is 0 Å². The predicted molar refractivity (Wildman–Crippen MR) is 151 cm³/mol. The highest BCUT2D eigenvalue weighted by atomic mass is 31.2. The van der Waals surface area contributed by atoms with Crippen LogP contribution in [0.1, 0.15) is 104 Å². The molecule has 2 N–H and O–H groups in total. The normalized spacial score (nSPS) is 14.0. The van der Waals surface area contributed by atoms with Gasteiger partial charge in [0.1, 0.15) is 5.75 Å². The molecule has 0 radical (unpaired) electrons. The first kappa shape index (κ1) is 30.6. The number of aromatic hydroxyl groups is 1. The average Bonchev–Trinajstić information content (AvgIpc) is 2.72. The second-order valence-electron chi connectivity index (χ2n) is 12.3. The third-order valence-electron chi connectivity index (χ3n) is 5.99. The minimum Gasteiger partial charge on any atom is -0.507 e. The second kappa shape index (κ2) is 12.3. The lowest BCUT2D eigenvalue weighted by atomic mass is 9.77. The summed E-state index contributed by atoms with van der Waals surface area (Å²) >= 11 is 0. The zero-order valence-corrected chi connectivity index (χ0v) is 24.9. The van der Waals surface area contributed by atoms with E-state index in [1.807, 2.05) is 33.8 Å². The Morgan fingerprint density at radius 2 is 1.33 bits per heavy atom. The van der Waals surface area contributed by atoms with E-state index in [1.54, 1.807) is 0 Å². The van der Waals surface area contributed by atoms with Crippen LogP contribution in [0, 0.1) is 0 Å². The van der Waals surface area contributed by atoms with Crippen LogP contribution in [0.15, 0.2) is 42.5 Å². The molecule has 6 heteroatoms. The Bertz CT molecular complexity index is 970. The van der Waals surface area contributed by atoms with Gasteiger partial charge < -0.3 is 14.2 Å². The van der Waals surface area contributed by atoms with Gasteiger partial charge in [-0.15, -0.1) is 0 Å². The molecule has 0 aliphatic heterocycles.